The van der Waals surface area contributed by atoms with E-state index < -0.39 is 11.9 Å². The molecule has 2 saturated heterocycles. The van der Waals surface area contributed by atoms with Crippen molar-refractivity contribution in [1.82, 2.24) is 9.97 Å². The van der Waals surface area contributed by atoms with Crippen LogP contribution in [0.4, 0.5) is 0 Å². The van der Waals surface area contributed by atoms with Crippen LogP contribution in [-0.2, 0) is 19.1 Å². The molecular formula is C39H42MgN4O6-2. The number of hydrogen-bond acceptors (Lipinski definition) is 6. The molecule has 258 valence electrons. The Morgan fingerprint density at radius 3 is 2.20 bits per heavy atom. The fourth-order valence-corrected chi connectivity index (χ4v) is 7.75. The molecule has 0 radical (unpaired) electrons. The fraction of sp³-hybridized carbons (Fsp3) is 0.436. The van der Waals surface area contributed by atoms with Crippen molar-refractivity contribution in [2.24, 2.45) is 29.6 Å². The van der Waals surface area contributed by atoms with Crippen LogP contribution in [0.2, 0.25) is 0 Å². The number of ether oxygens (including phenoxy) is 2. The van der Waals surface area contributed by atoms with Crippen LogP contribution in [0.3, 0.4) is 0 Å². The third-order valence-corrected chi connectivity index (χ3v) is 10.5. The smallest absolute Gasteiger partial charge is 0.664 e. The number of ketones is 2. The van der Waals surface area contributed by atoms with Gasteiger partial charge >= 0.3 is 35.0 Å². The Bertz CT molecular complexity index is 1920. The number of rotatable bonds is 8. The molecule has 11 heteroatoms. The first-order chi connectivity index (χ1) is 23.4. The summed E-state index contributed by atoms with van der Waals surface area (Å²) >= 11 is 0. The summed E-state index contributed by atoms with van der Waals surface area (Å²) < 4.78 is 10.6. The van der Waals surface area contributed by atoms with E-state index in [0.29, 0.717) is 62.9 Å². The number of esters is 2. The Labute approximate surface area is 309 Å². The van der Waals surface area contributed by atoms with E-state index in [1.165, 1.54) is 7.11 Å². The average molecular weight is 687 g/mol. The number of nitrogens with zero attached hydrogens (tertiary/aromatic N) is 4. The first-order valence-corrected chi connectivity index (χ1v) is 17.0. The maximum Gasteiger partial charge on any atom is 2.00 e. The van der Waals surface area contributed by atoms with Crippen molar-refractivity contribution in [3.63, 3.8) is 0 Å². The van der Waals surface area contributed by atoms with Crippen molar-refractivity contribution in [2.45, 2.75) is 67.7 Å². The van der Waals surface area contributed by atoms with Gasteiger partial charge in [0.05, 0.1) is 7.11 Å². The Morgan fingerprint density at radius 2 is 1.54 bits per heavy atom. The Hall–Kier alpha value is -4.09. The standard InChI is InChI=1S/C39H44N4O6.Mg/c1-9-11-14-49-31(45)13-12-24-19(4)26-15-27-20(5)32(22(7)44)30(41-27)17-25-18(3)23(10-2)29(40-25)16-28-21(6)33-37(43-28)34(36(24)42-26)35(38(33)46)39(47)48-8;/h9,11,15-19,23-24,35H,10,12-14H2,1-8H3,(H2-2,40,41,42,43,44,46);/q-2;+2/p-2/b11-9-,26-15-,29-16-;/t18-,19+,23-,24+,35-;/m1./s1. The van der Waals surface area contributed by atoms with Gasteiger partial charge in [0.25, 0.3) is 0 Å². The van der Waals surface area contributed by atoms with Crippen molar-refractivity contribution >= 4 is 70.4 Å². The first kappa shape index (κ1) is 37.2. The third kappa shape index (κ3) is 6.23. The average Bonchev–Trinajstić information content (AvgIpc) is 3.80. The summed E-state index contributed by atoms with van der Waals surface area (Å²) in [6.07, 6.45) is 10.6. The molecule has 0 amide bonds. The van der Waals surface area contributed by atoms with Crippen LogP contribution in [0, 0.1) is 43.4 Å². The normalized spacial score (nSPS) is 28.1. The van der Waals surface area contributed by atoms with Crippen LogP contribution in [0.5, 0.6) is 0 Å². The molecule has 10 nitrogen and oxygen atoms in total. The van der Waals surface area contributed by atoms with Gasteiger partial charge in [0.1, 0.15) is 12.5 Å². The predicted molar refractivity (Wildman–Crippen MR) is 193 cm³/mol. The van der Waals surface area contributed by atoms with E-state index in [1.807, 2.05) is 52.0 Å². The van der Waals surface area contributed by atoms with E-state index in [0.717, 1.165) is 23.4 Å². The monoisotopic (exact) mass is 686 g/mol. The number of Topliss-reactive ketones (excluding diaryl/α,β-unsaturated/α-hetero) is 2. The van der Waals surface area contributed by atoms with Crippen LogP contribution in [0.25, 0.3) is 34.4 Å². The maximum absolute atomic E-state index is 14.1. The van der Waals surface area contributed by atoms with Crippen molar-refractivity contribution in [1.29, 1.82) is 0 Å². The molecule has 4 aliphatic rings. The molecule has 0 unspecified atom stereocenters. The van der Waals surface area contributed by atoms with Gasteiger partial charge in [-0.1, -0.05) is 74.3 Å². The van der Waals surface area contributed by atoms with Crippen LogP contribution >= 0.6 is 0 Å². The molecule has 5 heterocycles. The second kappa shape index (κ2) is 14.6. The van der Waals surface area contributed by atoms with Gasteiger partial charge in [-0.05, 0) is 57.8 Å². The zero-order chi connectivity index (χ0) is 35.3. The number of hydrogen-bond donors (Lipinski definition) is 0. The summed E-state index contributed by atoms with van der Waals surface area (Å²) in [5, 5.41) is 10.2. The molecule has 0 spiro atoms. The van der Waals surface area contributed by atoms with E-state index >= 15 is 0 Å². The predicted octanol–water partition coefficient (Wildman–Crippen LogP) is 7.06. The Kier molecular flexibility index (Phi) is 10.9. The molecule has 2 aromatic heterocycles. The second-order valence-corrected chi connectivity index (χ2v) is 13.3. The summed E-state index contributed by atoms with van der Waals surface area (Å²) in [6, 6.07) is 0. The molecule has 8 bridgehead atoms. The van der Waals surface area contributed by atoms with Crippen LogP contribution < -0.4 is 9.97 Å². The molecule has 3 aliphatic heterocycles. The van der Waals surface area contributed by atoms with Crippen LogP contribution in [0.15, 0.2) is 34.9 Å². The summed E-state index contributed by atoms with van der Waals surface area (Å²) in [6.45, 7) is 13.5. The second-order valence-electron chi connectivity index (χ2n) is 13.3. The number of fused-ring (bicyclic) bond motifs is 7. The van der Waals surface area contributed by atoms with E-state index in [-0.39, 0.29) is 77.3 Å². The molecule has 2 aromatic rings. The van der Waals surface area contributed by atoms with E-state index in [9.17, 15) is 19.2 Å². The largest absolute Gasteiger partial charge is 2.00 e. The molecule has 0 saturated carbocycles. The number of aromatic nitrogens is 2. The molecule has 0 aromatic carbocycles. The maximum atomic E-state index is 14.1. The number of allylic oxidation sites excluding steroid dienone is 5. The molecular weight excluding hydrogens is 645 g/mol. The van der Waals surface area contributed by atoms with Gasteiger partial charge in [0.15, 0.2) is 11.6 Å². The van der Waals surface area contributed by atoms with Gasteiger partial charge < -0.3 is 30.1 Å². The quantitative estimate of drug-likeness (QED) is 0.0944. The summed E-state index contributed by atoms with van der Waals surface area (Å²) in [7, 11) is 1.26. The molecule has 2 fully saturated rings. The fourth-order valence-electron chi connectivity index (χ4n) is 7.75. The minimum absolute atomic E-state index is 0. The van der Waals surface area contributed by atoms with Crippen LogP contribution in [0.1, 0.15) is 108 Å². The van der Waals surface area contributed by atoms with E-state index in [4.69, 9.17) is 30.1 Å². The molecule has 6 rings (SSSR count). The minimum atomic E-state index is -1.24. The Balaban J connectivity index is 0.00000486. The third-order valence-electron chi connectivity index (χ3n) is 10.5. The molecule has 1 aliphatic carbocycles. The minimum Gasteiger partial charge on any atom is -0.664 e. The number of carbonyl (C=O) groups is 4. The van der Waals surface area contributed by atoms with E-state index in [2.05, 4.69) is 13.8 Å². The van der Waals surface area contributed by atoms with Gasteiger partial charge in [-0.15, -0.1) is 22.8 Å². The van der Waals surface area contributed by atoms with Gasteiger partial charge in [-0.2, -0.15) is 22.8 Å². The molecule has 0 N–H and O–H groups in total. The van der Waals surface area contributed by atoms with Gasteiger partial charge in [0.2, 0.25) is 0 Å². The topological polar surface area (TPSA) is 143 Å². The summed E-state index contributed by atoms with van der Waals surface area (Å²) in [5.41, 5.74) is 7.79. The van der Waals surface area contributed by atoms with Crippen molar-refractivity contribution in [3.05, 3.63) is 90.6 Å². The number of methoxy groups -OCH3 is 1. The zero-order valence-electron chi connectivity index (χ0n) is 30.0. The summed E-state index contributed by atoms with van der Waals surface area (Å²) in [5.74, 6) is -3.18. The van der Waals surface area contributed by atoms with Crippen molar-refractivity contribution in [2.75, 3.05) is 13.7 Å². The summed E-state index contributed by atoms with van der Waals surface area (Å²) in [4.78, 5) is 63.3. The first-order valence-electron chi connectivity index (χ1n) is 17.0. The zero-order valence-corrected chi connectivity index (χ0v) is 31.5. The molecule has 5 atom stereocenters. The van der Waals surface area contributed by atoms with Gasteiger partial charge in [0, 0.05) is 17.5 Å². The van der Waals surface area contributed by atoms with Crippen molar-refractivity contribution in [3.8, 4) is 0 Å². The van der Waals surface area contributed by atoms with E-state index in [1.54, 1.807) is 13.0 Å². The van der Waals surface area contributed by atoms with Gasteiger partial charge in [-0.3, -0.25) is 19.2 Å². The molecule has 50 heavy (non-hydrogen) atoms. The van der Waals surface area contributed by atoms with Gasteiger partial charge in [-0.25, -0.2) is 0 Å². The van der Waals surface area contributed by atoms with Crippen LogP contribution in [-0.4, -0.2) is 60.3 Å². The number of carbonyl (C=O) groups excluding carboxylic acids is 4. The Morgan fingerprint density at radius 1 is 0.900 bits per heavy atom. The van der Waals surface area contributed by atoms with Crippen molar-refractivity contribution < 1.29 is 28.7 Å². The SMILES string of the molecule is C/C=C\COC(=O)CC[C@@H]1/C2=C3/c4[n-]c(c(C)c4C(=O)[C@@H]3C(=O)OC)/C=C3\[N-]/C(=C\c4[n-]c(c(C)c4C(C)=O)/C=C(\[N-]2)[C@H]1C)[C@H](C)[C@H]3CC.[Mg+2].